The van der Waals surface area contributed by atoms with E-state index in [4.69, 9.17) is 11.6 Å². The first kappa shape index (κ1) is 18.8. The number of benzene rings is 2. The highest BCUT2D eigenvalue weighted by Gasteiger charge is 2.25. The Morgan fingerprint density at radius 3 is 2.58 bits per heavy atom. The number of aryl methyl sites for hydroxylation is 1. The first-order valence-electron chi connectivity index (χ1n) is 9.46. The number of nitrogens with one attached hydrogen (secondary N) is 1. The van der Waals surface area contributed by atoms with E-state index in [-0.39, 0.29) is 17.9 Å². The molecule has 0 bridgehead atoms. The van der Waals surface area contributed by atoms with Crippen LogP contribution in [0.2, 0.25) is 5.02 Å². The molecule has 0 aliphatic carbocycles. The number of piperidine rings is 1. The Bertz CT molecular complexity index is 711. The van der Waals surface area contributed by atoms with Crippen molar-refractivity contribution in [1.29, 1.82) is 0 Å². The molecule has 1 heterocycles. The molecule has 0 spiro atoms. The number of carbonyl (C=O) groups excluding carboxylic acids is 1. The van der Waals surface area contributed by atoms with Crippen LogP contribution in [0.4, 0.5) is 5.69 Å². The third kappa shape index (κ3) is 5.25. The van der Waals surface area contributed by atoms with Gasteiger partial charge in [0.1, 0.15) is 0 Å². The summed E-state index contributed by atoms with van der Waals surface area (Å²) >= 11 is 6.08. The topological polar surface area (TPSA) is 32.3 Å². The van der Waals surface area contributed by atoms with Crippen molar-refractivity contribution < 1.29 is 4.79 Å². The number of carbonyl (C=O) groups is 1. The van der Waals surface area contributed by atoms with E-state index in [9.17, 15) is 4.79 Å². The summed E-state index contributed by atoms with van der Waals surface area (Å²) in [7, 11) is 0. The lowest BCUT2D eigenvalue weighted by atomic mass is 9.95. The number of rotatable bonds is 6. The minimum absolute atomic E-state index is 0.115. The fourth-order valence-electron chi connectivity index (χ4n) is 3.53. The molecule has 2 aromatic rings. The Morgan fingerprint density at radius 1 is 1.15 bits per heavy atom. The van der Waals surface area contributed by atoms with E-state index in [0.717, 1.165) is 49.5 Å². The summed E-state index contributed by atoms with van der Waals surface area (Å²) in [5, 5.41) is 3.96. The van der Waals surface area contributed by atoms with Gasteiger partial charge in [0.2, 0.25) is 5.91 Å². The second-order valence-corrected chi connectivity index (χ2v) is 7.61. The summed E-state index contributed by atoms with van der Waals surface area (Å²) in [5.41, 5.74) is 2.47. The van der Waals surface area contributed by atoms with Crippen molar-refractivity contribution >= 4 is 23.2 Å². The van der Waals surface area contributed by atoms with Crippen molar-refractivity contribution in [3.63, 3.8) is 0 Å². The number of anilines is 1. The van der Waals surface area contributed by atoms with Crippen LogP contribution in [0.15, 0.2) is 54.6 Å². The molecule has 0 saturated carbocycles. The zero-order chi connectivity index (χ0) is 18.4. The largest absolute Gasteiger partial charge is 0.371 e. The van der Waals surface area contributed by atoms with Crippen LogP contribution in [0, 0.1) is 5.92 Å². The molecule has 1 amide bonds. The molecule has 138 valence electrons. The number of hydrogen-bond donors (Lipinski definition) is 1. The Hall–Kier alpha value is -2.00. The van der Waals surface area contributed by atoms with Crippen molar-refractivity contribution in [3.05, 3.63) is 65.2 Å². The van der Waals surface area contributed by atoms with E-state index in [0.29, 0.717) is 0 Å². The van der Waals surface area contributed by atoms with E-state index >= 15 is 0 Å². The smallest absolute Gasteiger partial charge is 0.223 e. The van der Waals surface area contributed by atoms with E-state index in [2.05, 4.69) is 47.5 Å². The van der Waals surface area contributed by atoms with E-state index in [1.165, 1.54) is 5.56 Å². The van der Waals surface area contributed by atoms with Crippen LogP contribution in [0.25, 0.3) is 0 Å². The molecule has 1 saturated heterocycles. The molecule has 26 heavy (non-hydrogen) atoms. The fourth-order valence-corrected chi connectivity index (χ4v) is 3.72. The van der Waals surface area contributed by atoms with Gasteiger partial charge in [-0.1, -0.05) is 48.0 Å². The van der Waals surface area contributed by atoms with Crippen LogP contribution in [-0.4, -0.2) is 25.0 Å². The molecule has 1 fully saturated rings. The molecule has 1 atom stereocenters. The van der Waals surface area contributed by atoms with Crippen LogP contribution in [0.3, 0.4) is 0 Å². The summed E-state index contributed by atoms with van der Waals surface area (Å²) in [6.07, 6.45) is 3.75. The van der Waals surface area contributed by atoms with Crippen LogP contribution < -0.4 is 10.2 Å². The van der Waals surface area contributed by atoms with Gasteiger partial charge in [0.25, 0.3) is 0 Å². The first-order chi connectivity index (χ1) is 12.6. The molecule has 1 aliphatic rings. The highest BCUT2D eigenvalue weighted by molar-refractivity contribution is 6.30. The fraction of sp³-hybridized carbons (Fsp3) is 0.409. The van der Waals surface area contributed by atoms with Gasteiger partial charge in [-0.15, -0.1) is 0 Å². The second kappa shape index (κ2) is 9.09. The van der Waals surface area contributed by atoms with Gasteiger partial charge < -0.3 is 10.2 Å². The molecule has 3 nitrogen and oxygen atoms in total. The predicted octanol–water partition coefficient (Wildman–Crippen LogP) is 4.69. The number of nitrogens with zero attached hydrogens (tertiary/aromatic N) is 1. The van der Waals surface area contributed by atoms with E-state index < -0.39 is 0 Å². The molecular formula is C22H27ClN2O. The first-order valence-corrected chi connectivity index (χ1v) is 9.84. The van der Waals surface area contributed by atoms with Gasteiger partial charge in [-0.25, -0.2) is 0 Å². The second-order valence-electron chi connectivity index (χ2n) is 7.18. The maximum absolute atomic E-state index is 12.6. The predicted molar refractivity (Wildman–Crippen MR) is 109 cm³/mol. The summed E-state index contributed by atoms with van der Waals surface area (Å²) in [6.45, 7) is 3.90. The molecule has 3 rings (SSSR count). The van der Waals surface area contributed by atoms with Gasteiger partial charge in [0.15, 0.2) is 0 Å². The van der Waals surface area contributed by atoms with Gasteiger partial charge in [-0.05, 0) is 56.4 Å². The lowest BCUT2D eigenvalue weighted by Gasteiger charge is -2.33. The average molecular weight is 371 g/mol. The molecule has 2 aromatic carbocycles. The highest BCUT2D eigenvalue weighted by Crippen LogP contribution is 2.25. The lowest BCUT2D eigenvalue weighted by Crippen LogP contribution is -2.43. The van der Waals surface area contributed by atoms with Crippen LogP contribution in [-0.2, 0) is 11.2 Å². The molecule has 0 aromatic heterocycles. The average Bonchev–Trinajstić information content (AvgIpc) is 2.67. The van der Waals surface area contributed by atoms with Gasteiger partial charge in [0.05, 0.1) is 0 Å². The quantitative estimate of drug-likeness (QED) is 0.799. The summed E-state index contributed by atoms with van der Waals surface area (Å²) in [5.74, 6) is 0.320. The van der Waals surface area contributed by atoms with Crippen molar-refractivity contribution in [2.75, 3.05) is 18.0 Å². The van der Waals surface area contributed by atoms with Crippen LogP contribution in [0.1, 0.15) is 31.7 Å². The summed E-state index contributed by atoms with van der Waals surface area (Å²) in [4.78, 5) is 14.9. The Kier molecular flexibility index (Phi) is 6.56. The summed E-state index contributed by atoms with van der Waals surface area (Å²) in [6, 6.07) is 18.6. The minimum atomic E-state index is 0.115. The van der Waals surface area contributed by atoms with Gasteiger partial charge in [-0.3, -0.25) is 4.79 Å². The van der Waals surface area contributed by atoms with E-state index in [1.807, 2.05) is 24.3 Å². The SMILES string of the molecule is CC(CCc1ccccc1)NC(=O)C1CCN(c2cccc(Cl)c2)CC1. The highest BCUT2D eigenvalue weighted by atomic mass is 35.5. The number of halogens is 1. The van der Waals surface area contributed by atoms with Crippen LogP contribution >= 0.6 is 11.6 Å². The van der Waals surface area contributed by atoms with Crippen molar-refractivity contribution in [3.8, 4) is 0 Å². The third-order valence-corrected chi connectivity index (χ3v) is 5.37. The zero-order valence-electron chi connectivity index (χ0n) is 15.3. The molecule has 4 heteroatoms. The number of hydrogen-bond acceptors (Lipinski definition) is 2. The third-order valence-electron chi connectivity index (χ3n) is 5.14. The monoisotopic (exact) mass is 370 g/mol. The maximum Gasteiger partial charge on any atom is 0.223 e. The lowest BCUT2D eigenvalue weighted by molar-refractivity contribution is -0.126. The Morgan fingerprint density at radius 2 is 1.88 bits per heavy atom. The van der Waals surface area contributed by atoms with Crippen molar-refractivity contribution in [1.82, 2.24) is 5.32 Å². The normalized spacial score (nSPS) is 16.3. The molecular weight excluding hydrogens is 344 g/mol. The molecule has 1 aliphatic heterocycles. The molecule has 0 radical (unpaired) electrons. The molecule has 1 N–H and O–H groups in total. The number of amides is 1. The van der Waals surface area contributed by atoms with E-state index in [1.54, 1.807) is 0 Å². The van der Waals surface area contributed by atoms with Crippen LogP contribution in [0.5, 0.6) is 0 Å². The molecule has 1 unspecified atom stereocenters. The van der Waals surface area contributed by atoms with Crippen molar-refractivity contribution in [2.45, 2.75) is 38.6 Å². The standard InChI is InChI=1S/C22H27ClN2O/c1-17(10-11-18-6-3-2-4-7-18)24-22(26)19-12-14-25(15-13-19)21-9-5-8-20(23)16-21/h2-9,16-17,19H,10-15H2,1H3,(H,24,26). The minimum Gasteiger partial charge on any atom is -0.371 e. The Labute approximate surface area is 161 Å². The summed E-state index contributed by atoms with van der Waals surface area (Å²) < 4.78 is 0. The van der Waals surface area contributed by atoms with Gasteiger partial charge in [-0.2, -0.15) is 0 Å². The van der Waals surface area contributed by atoms with Gasteiger partial charge >= 0.3 is 0 Å². The van der Waals surface area contributed by atoms with Crippen molar-refractivity contribution in [2.24, 2.45) is 5.92 Å². The maximum atomic E-state index is 12.6. The Balaban J connectivity index is 1.43. The zero-order valence-corrected chi connectivity index (χ0v) is 16.1. The van der Waals surface area contributed by atoms with Gasteiger partial charge in [0, 0.05) is 35.8 Å².